The van der Waals surface area contributed by atoms with Crippen molar-refractivity contribution in [2.75, 3.05) is 13.7 Å². The van der Waals surface area contributed by atoms with Crippen LogP contribution < -0.4 is 0 Å². The molecule has 1 aliphatic rings. The number of carbonyl (C=O) groups is 1. The molecule has 24 heavy (non-hydrogen) atoms. The first-order valence-corrected chi connectivity index (χ1v) is 8.38. The summed E-state index contributed by atoms with van der Waals surface area (Å²) in [7, 11) is 3.61. The van der Waals surface area contributed by atoms with Gasteiger partial charge in [0.2, 0.25) is 0 Å². The Labute approximate surface area is 142 Å². The standard InChI is InChI=1S/C18H24N4O2/c1-4-15-6-5-14(11-19-15)18(23)22-8-7-17(24-3)16(22)9-13-10-20-21(2)12-13/h5-6,10-12,16-17H,4,7-9H2,1-3H3/t16-,17+/m0/s1. The lowest BCUT2D eigenvalue weighted by Gasteiger charge is -2.27. The average molecular weight is 328 g/mol. The maximum Gasteiger partial charge on any atom is 0.255 e. The SMILES string of the molecule is CCc1ccc(C(=O)N2CC[C@@H](OC)[C@@H]2Cc2cnn(C)c2)cn1. The van der Waals surface area contributed by atoms with Crippen LogP contribution in [0.5, 0.6) is 0 Å². The zero-order valence-corrected chi connectivity index (χ0v) is 14.5. The van der Waals surface area contributed by atoms with E-state index in [2.05, 4.69) is 17.0 Å². The van der Waals surface area contributed by atoms with Crippen LogP contribution >= 0.6 is 0 Å². The van der Waals surface area contributed by atoms with Crippen LogP contribution in [0.1, 0.15) is 35.0 Å². The summed E-state index contributed by atoms with van der Waals surface area (Å²) >= 11 is 0. The van der Waals surface area contributed by atoms with E-state index < -0.39 is 0 Å². The zero-order valence-electron chi connectivity index (χ0n) is 14.5. The van der Waals surface area contributed by atoms with Gasteiger partial charge in [-0.1, -0.05) is 6.92 Å². The monoisotopic (exact) mass is 328 g/mol. The lowest BCUT2D eigenvalue weighted by atomic mass is 10.0. The van der Waals surface area contributed by atoms with Gasteiger partial charge in [-0.3, -0.25) is 14.5 Å². The number of likely N-dealkylation sites (tertiary alicyclic amines) is 1. The fraction of sp³-hybridized carbons (Fsp3) is 0.500. The number of aromatic nitrogens is 3. The van der Waals surface area contributed by atoms with Crippen molar-refractivity contribution in [1.82, 2.24) is 19.7 Å². The number of hydrogen-bond donors (Lipinski definition) is 0. The van der Waals surface area contributed by atoms with Gasteiger partial charge in [0, 0.05) is 38.8 Å². The van der Waals surface area contributed by atoms with Crippen molar-refractivity contribution in [1.29, 1.82) is 0 Å². The molecule has 3 heterocycles. The topological polar surface area (TPSA) is 60.3 Å². The number of hydrogen-bond acceptors (Lipinski definition) is 4. The lowest BCUT2D eigenvalue weighted by molar-refractivity contribution is 0.0508. The van der Waals surface area contributed by atoms with E-state index >= 15 is 0 Å². The summed E-state index contributed by atoms with van der Waals surface area (Å²) < 4.78 is 7.40. The van der Waals surface area contributed by atoms with E-state index in [-0.39, 0.29) is 18.1 Å². The van der Waals surface area contributed by atoms with Gasteiger partial charge in [-0.2, -0.15) is 5.10 Å². The second-order valence-corrected chi connectivity index (χ2v) is 6.25. The molecule has 2 aromatic heterocycles. The van der Waals surface area contributed by atoms with Crippen molar-refractivity contribution in [3.05, 3.63) is 47.5 Å². The normalized spacial score (nSPS) is 20.5. The first-order valence-electron chi connectivity index (χ1n) is 8.38. The first-order chi connectivity index (χ1) is 11.6. The molecule has 1 fully saturated rings. The zero-order chi connectivity index (χ0) is 17.1. The minimum Gasteiger partial charge on any atom is -0.379 e. The Bertz CT molecular complexity index is 695. The third-order valence-electron chi connectivity index (χ3n) is 4.68. The molecule has 6 nitrogen and oxygen atoms in total. The number of methoxy groups -OCH3 is 1. The quantitative estimate of drug-likeness (QED) is 0.840. The second kappa shape index (κ2) is 7.13. The van der Waals surface area contributed by atoms with Gasteiger partial charge in [0.25, 0.3) is 5.91 Å². The van der Waals surface area contributed by atoms with Crippen molar-refractivity contribution in [3.8, 4) is 0 Å². The Balaban J connectivity index is 1.79. The molecule has 6 heteroatoms. The van der Waals surface area contributed by atoms with Crippen LogP contribution in [0.2, 0.25) is 0 Å². The van der Waals surface area contributed by atoms with Crippen LogP contribution in [-0.4, -0.2) is 51.4 Å². The minimum atomic E-state index is 0.0255. The third-order valence-corrected chi connectivity index (χ3v) is 4.68. The highest BCUT2D eigenvalue weighted by atomic mass is 16.5. The highest BCUT2D eigenvalue weighted by molar-refractivity contribution is 5.94. The summed E-state index contributed by atoms with van der Waals surface area (Å²) in [5, 5.41) is 4.22. The van der Waals surface area contributed by atoms with Crippen molar-refractivity contribution >= 4 is 5.91 Å². The van der Waals surface area contributed by atoms with Crippen LogP contribution in [-0.2, 0) is 24.6 Å². The van der Waals surface area contributed by atoms with Gasteiger partial charge in [-0.05, 0) is 37.0 Å². The molecule has 1 amide bonds. The van der Waals surface area contributed by atoms with Crippen LogP contribution in [0, 0.1) is 0 Å². The van der Waals surface area contributed by atoms with Crippen LogP contribution in [0.4, 0.5) is 0 Å². The number of carbonyl (C=O) groups excluding carboxylic acids is 1. The number of aryl methyl sites for hydroxylation is 2. The highest BCUT2D eigenvalue weighted by Gasteiger charge is 2.37. The van der Waals surface area contributed by atoms with E-state index in [9.17, 15) is 4.79 Å². The number of pyridine rings is 1. The first kappa shape index (κ1) is 16.6. The Morgan fingerprint density at radius 2 is 2.21 bits per heavy atom. The molecule has 0 unspecified atom stereocenters. The van der Waals surface area contributed by atoms with Gasteiger partial charge in [-0.25, -0.2) is 0 Å². The van der Waals surface area contributed by atoms with E-state index in [1.807, 2.05) is 36.5 Å². The lowest BCUT2D eigenvalue weighted by Crippen LogP contribution is -2.41. The molecule has 1 saturated heterocycles. The number of rotatable bonds is 5. The van der Waals surface area contributed by atoms with Gasteiger partial charge >= 0.3 is 0 Å². The molecule has 1 aliphatic heterocycles. The summed E-state index contributed by atoms with van der Waals surface area (Å²) in [4.78, 5) is 19.2. The van der Waals surface area contributed by atoms with Gasteiger partial charge in [0.1, 0.15) is 0 Å². The molecule has 0 saturated carbocycles. The molecular weight excluding hydrogens is 304 g/mol. The van der Waals surface area contributed by atoms with E-state index in [0.29, 0.717) is 12.1 Å². The number of amides is 1. The molecule has 0 N–H and O–H groups in total. The molecule has 128 valence electrons. The predicted octanol–water partition coefficient (Wildman–Crippen LogP) is 1.85. The summed E-state index contributed by atoms with van der Waals surface area (Å²) in [6.45, 7) is 2.76. The van der Waals surface area contributed by atoms with E-state index in [4.69, 9.17) is 4.74 Å². The molecule has 0 aliphatic carbocycles. The Morgan fingerprint density at radius 3 is 2.79 bits per heavy atom. The summed E-state index contributed by atoms with van der Waals surface area (Å²) in [5.74, 6) is 0.0265. The van der Waals surface area contributed by atoms with Crippen LogP contribution in [0.15, 0.2) is 30.7 Å². The smallest absolute Gasteiger partial charge is 0.255 e. The van der Waals surface area contributed by atoms with Crippen molar-refractivity contribution in [3.63, 3.8) is 0 Å². The summed E-state index contributed by atoms with van der Waals surface area (Å²) in [6.07, 6.45) is 8.05. The molecule has 0 spiro atoms. The predicted molar refractivity (Wildman–Crippen MR) is 90.8 cm³/mol. The Kier molecular flexibility index (Phi) is 4.94. The molecule has 0 aromatic carbocycles. The van der Waals surface area contributed by atoms with Gasteiger partial charge in [0.05, 0.1) is 23.9 Å². The second-order valence-electron chi connectivity index (χ2n) is 6.25. The fourth-order valence-corrected chi connectivity index (χ4v) is 3.34. The van der Waals surface area contributed by atoms with Gasteiger partial charge in [-0.15, -0.1) is 0 Å². The molecule has 3 rings (SSSR count). The average Bonchev–Trinajstić information content (AvgIpc) is 3.20. The van der Waals surface area contributed by atoms with Crippen LogP contribution in [0.3, 0.4) is 0 Å². The molecule has 0 radical (unpaired) electrons. The Hall–Kier alpha value is -2.21. The van der Waals surface area contributed by atoms with Crippen LogP contribution in [0.25, 0.3) is 0 Å². The maximum absolute atomic E-state index is 12.9. The maximum atomic E-state index is 12.9. The fourth-order valence-electron chi connectivity index (χ4n) is 3.34. The molecule has 0 bridgehead atoms. The van der Waals surface area contributed by atoms with Gasteiger partial charge < -0.3 is 9.64 Å². The largest absolute Gasteiger partial charge is 0.379 e. The highest BCUT2D eigenvalue weighted by Crippen LogP contribution is 2.25. The van der Waals surface area contributed by atoms with Crippen molar-refractivity contribution in [2.24, 2.45) is 7.05 Å². The number of ether oxygens (including phenoxy) is 1. The van der Waals surface area contributed by atoms with E-state index in [1.54, 1.807) is 18.0 Å². The number of nitrogens with zero attached hydrogens (tertiary/aromatic N) is 4. The van der Waals surface area contributed by atoms with E-state index in [0.717, 1.165) is 30.5 Å². The van der Waals surface area contributed by atoms with Crippen molar-refractivity contribution in [2.45, 2.75) is 38.3 Å². The Morgan fingerprint density at radius 1 is 1.38 bits per heavy atom. The van der Waals surface area contributed by atoms with E-state index in [1.165, 1.54) is 0 Å². The third kappa shape index (κ3) is 3.33. The summed E-state index contributed by atoms with van der Waals surface area (Å²) in [6, 6.07) is 3.82. The molecule has 2 atom stereocenters. The van der Waals surface area contributed by atoms with Gasteiger partial charge in [0.15, 0.2) is 0 Å². The molecule has 2 aromatic rings. The molecular formula is C18H24N4O2. The minimum absolute atomic E-state index is 0.0255. The summed E-state index contributed by atoms with van der Waals surface area (Å²) in [5.41, 5.74) is 2.75. The van der Waals surface area contributed by atoms with Crippen molar-refractivity contribution < 1.29 is 9.53 Å².